The molecule has 0 aromatic heterocycles. The minimum absolute atomic E-state index is 0.0457. The summed E-state index contributed by atoms with van der Waals surface area (Å²) in [5.74, 6) is -1.40. The Labute approximate surface area is 234 Å². The van der Waals surface area contributed by atoms with E-state index in [-0.39, 0.29) is 29.9 Å². The number of nitrogens with one attached hydrogen (secondary N) is 2. The van der Waals surface area contributed by atoms with Crippen LogP contribution in [0.1, 0.15) is 51.5 Å². The summed E-state index contributed by atoms with van der Waals surface area (Å²) in [7, 11) is 0. The Bertz CT molecular complexity index is 1200. The number of halogens is 1. The second kappa shape index (κ2) is 10.2. The highest BCUT2D eigenvalue weighted by Crippen LogP contribution is 2.55. The van der Waals surface area contributed by atoms with Gasteiger partial charge in [0.25, 0.3) is 0 Å². The first-order chi connectivity index (χ1) is 18.7. The topological polar surface area (TPSA) is 97.0 Å². The average Bonchev–Trinajstić information content (AvgIpc) is 3.67. The first-order valence-corrected chi connectivity index (χ1v) is 14.7. The molecule has 0 radical (unpaired) electrons. The van der Waals surface area contributed by atoms with E-state index in [2.05, 4.69) is 24.5 Å². The fourth-order valence-electron chi connectivity index (χ4n) is 7.42. The van der Waals surface area contributed by atoms with Gasteiger partial charge in [-0.15, -0.1) is 0 Å². The summed E-state index contributed by atoms with van der Waals surface area (Å²) in [6.07, 6.45) is 7.91. The molecule has 3 saturated heterocycles. The molecule has 0 unspecified atom stereocenters. The zero-order chi connectivity index (χ0) is 27.5. The van der Waals surface area contributed by atoms with E-state index in [4.69, 9.17) is 21.1 Å². The summed E-state index contributed by atoms with van der Waals surface area (Å²) < 4.78 is 12.3. The van der Waals surface area contributed by atoms with Crippen LogP contribution in [0.4, 0.5) is 5.69 Å². The Hall–Kier alpha value is -2.42. The van der Waals surface area contributed by atoms with Crippen molar-refractivity contribution < 1.29 is 23.9 Å². The first-order valence-electron chi connectivity index (χ1n) is 14.4. The second-order valence-electron chi connectivity index (χ2n) is 12.2. The van der Waals surface area contributed by atoms with Crippen LogP contribution in [0.5, 0.6) is 0 Å². The number of aryl methyl sites for hydroxylation is 1. The molecule has 4 aliphatic heterocycles. The monoisotopic (exact) mass is 555 g/mol. The highest BCUT2D eigenvalue weighted by molar-refractivity contribution is 6.31. The zero-order valence-corrected chi connectivity index (χ0v) is 23.6. The fraction of sp³-hybridized carbons (Fsp3) is 0.633. The molecule has 2 N–H and O–H groups in total. The third-order valence-corrected chi connectivity index (χ3v) is 10.2. The second-order valence-corrected chi connectivity index (χ2v) is 12.6. The number of benzene rings is 1. The van der Waals surface area contributed by atoms with Crippen molar-refractivity contribution in [2.24, 2.45) is 23.7 Å². The Balaban J connectivity index is 1.29. The molecule has 3 amide bonds. The summed E-state index contributed by atoms with van der Waals surface area (Å²) in [4.78, 5) is 43.5. The maximum absolute atomic E-state index is 14.1. The molecule has 8 nitrogen and oxygen atoms in total. The first kappa shape index (κ1) is 26.8. The van der Waals surface area contributed by atoms with E-state index < -0.39 is 29.6 Å². The lowest BCUT2D eigenvalue weighted by molar-refractivity contribution is -0.143. The molecule has 1 saturated carbocycles. The highest BCUT2D eigenvalue weighted by atomic mass is 35.5. The molecule has 4 heterocycles. The summed E-state index contributed by atoms with van der Waals surface area (Å²) >= 11 is 6.28. The molecule has 6 rings (SSSR count). The van der Waals surface area contributed by atoms with E-state index in [1.54, 1.807) is 17.0 Å². The van der Waals surface area contributed by atoms with Crippen LogP contribution in [0.25, 0.3) is 0 Å². The molecule has 9 atom stereocenters. The Morgan fingerprint density at radius 3 is 2.72 bits per heavy atom. The number of hydrogen-bond acceptors (Lipinski definition) is 5. The van der Waals surface area contributed by atoms with Gasteiger partial charge in [-0.25, -0.2) is 0 Å². The van der Waals surface area contributed by atoms with Gasteiger partial charge in [-0.1, -0.05) is 56.5 Å². The lowest BCUT2D eigenvalue weighted by atomic mass is 9.73. The van der Waals surface area contributed by atoms with Crippen LogP contribution in [0, 0.1) is 30.6 Å². The minimum Gasteiger partial charge on any atom is -0.376 e. The number of ether oxygens (including phenoxy) is 2. The van der Waals surface area contributed by atoms with Gasteiger partial charge in [0.15, 0.2) is 0 Å². The molecule has 1 aromatic carbocycles. The number of fused-ring (bicyclic) bond motifs is 1. The molecule has 2 bridgehead atoms. The van der Waals surface area contributed by atoms with Gasteiger partial charge in [-0.3, -0.25) is 14.4 Å². The zero-order valence-electron chi connectivity index (χ0n) is 22.8. The number of carbonyl (C=O) groups excluding carboxylic acids is 3. The van der Waals surface area contributed by atoms with Gasteiger partial charge in [-0.05, 0) is 55.7 Å². The normalized spacial score (nSPS) is 38.8. The van der Waals surface area contributed by atoms with Crippen LogP contribution in [0.2, 0.25) is 5.02 Å². The number of nitrogens with zero attached hydrogens (tertiary/aromatic N) is 1. The third-order valence-electron chi connectivity index (χ3n) is 9.82. The highest BCUT2D eigenvalue weighted by Gasteiger charge is 2.73. The molecule has 1 aliphatic carbocycles. The summed E-state index contributed by atoms with van der Waals surface area (Å²) in [6, 6.07) is 4.54. The van der Waals surface area contributed by atoms with E-state index >= 15 is 0 Å². The van der Waals surface area contributed by atoms with E-state index in [1.807, 2.05) is 25.1 Å². The fourth-order valence-corrected chi connectivity index (χ4v) is 7.60. The number of anilines is 1. The van der Waals surface area contributed by atoms with Crippen LogP contribution in [0.3, 0.4) is 0 Å². The average molecular weight is 556 g/mol. The van der Waals surface area contributed by atoms with Crippen molar-refractivity contribution in [3.63, 3.8) is 0 Å². The van der Waals surface area contributed by atoms with Crippen molar-refractivity contribution in [1.29, 1.82) is 0 Å². The molecule has 1 spiro atoms. The summed E-state index contributed by atoms with van der Waals surface area (Å²) in [5.41, 5.74) is 0.291. The lowest BCUT2D eigenvalue weighted by Gasteiger charge is -2.38. The van der Waals surface area contributed by atoms with E-state index in [0.29, 0.717) is 35.7 Å². The van der Waals surface area contributed by atoms with Gasteiger partial charge < -0.3 is 25.0 Å². The van der Waals surface area contributed by atoms with Crippen LogP contribution < -0.4 is 10.6 Å². The minimum atomic E-state index is -1.18. The summed E-state index contributed by atoms with van der Waals surface area (Å²) in [6.45, 7) is 7.28. The van der Waals surface area contributed by atoms with Crippen molar-refractivity contribution in [1.82, 2.24) is 10.2 Å². The van der Waals surface area contributed by atoms with Gasteiger partial charge >= 0.3 is 0 Å². The molecule has 4 fully saturated rings. The number of amides is 3. The van der Waals surface area contributed by atoms with Crippen LogP contribution in [-0.2, 0) is 23.9 Å². The van der Waals surface area contributed by atoms with Gasteiger partial charge in [0.05, 0.1) is 24.0 Å². The maximum atomic E-state index is 14.1. The molecule has 1 aromatic rings. The lowest BCUT2D eigenvalue weighted by Crippen LogP contribution is -2.58. The SMILES string of the molecule is Cc1ccc(NC(=O)[C@H]2[C@H]3C=C[C@@]4(O3)[C@H]2C(=O)N(C[C@@H]2CCCO2)[C@@H]4C(=O)N[C@@H]2CCC[C@H](C)[C@@H]2C)cc1Cl. The third kappa shape index (κ3) is 4.49. The molecular formula is C30H38ClN3O5. The summed E-state index contributed by atoms with van der Waals surface area (Å²) in [5, 5.41) is 6.79. The molecular weight excluding hydrogens is 518 g/mol. The van der Waals surface area contributed by atoms with E-state index in [0.717, 1.165) is 37.7 Å². The van der Waals surface area contributed by atoms with Gasteiger partial charge in [0, 0.05) is 29.9 Å². The van der Waals surface area contributed by atoms with Gasteiger partial charge in [-0.2, -0.15) is 0 Å². The Morgan fingerprint density at radius 1 is 1.15 bits per heavy atom. The largest absolute Gasteiger partial charge is 0.376 e. The van der Waals surface area contributed by atoms with E-state index in [1.165, 1.54) is 0 Å². The number of carbonyl (C=O) groups is 3. The maximum Gasteiger partial charge on any atom is 0.246 e. The molecule has 9 heteroatoms. The Morgan fingerprint density at radius 2 is 1.97 bits per heavy atom. The number of hydrogen-bond donors (Lipinski definition) is 2. The smallest absolute Gasteiger partial charge is 0.246 e. The number of likely N-dealkylation sites (tertiary alicyclic amines) is 1. The van der Waals surface area contributed by atoms with E-state index in [9.17, 15) is 14.4 Å². The van der Waals surface area contributed by atoms with Crippen LogP contribution in [0.15, 0.2) is 30.4 Å². The van der Waals surface area contributed by atoms with Crippen molar-refractivity contribution in [2.75, 3.05) is 18.5 Å². The number of rotatable bonds is 6. The quantitative estimate of drug-likeness (QED) is 0.520. The predicted octanol–water partition coefficient (Wildman–Crippen LogP) is 3.86. The molecule has 39 heavy (non-hydrogen) atoms. The van der Waals surface area contributed by atoms with Crippen molar-refractivity contribution >= 4 is 35.0 Å². The Kier molecular flexibility index (Phi) is 7.01. The van der Waals surface area contributed by atoms with Gasteiger partial charge in [0.2, 0.25) is 17.7 Å². The predicted molar refractivity (Wildman–Crippen MR) is 147 cm³/mol. The van der Waals surface area contributed by atoms with Crippen LogP contribution >= 0.6 is 11.6 Å². The molecule has 5 aliphatic rings. The van der Waals surface area contributed by atoms with Crippen molar-refractivity contribution in [3.8, 4) is 0 Å². The van der Waals surface area contributed by atoms with Gasteiger partial charge in [0.1, 0.15) is 11.6 Å². The van der Waals surface area contributed by atoms with Crippen molar-refractivity contribution in [2.45, 2.75) is 82.8 Å². The molecule has 210 valence electrons. The standard InChI is InChI=1S/C30H38ClN3O5/c1-16-6-4-8-22(18(16)3)33-28(36)26-30-12-11-23(39-30)24(27(35)32-19-10-9-17(2)21(31)14-19)25(30)29(37)34(26)15-20-7-5-13-38-20/h9-12,14,16,18,20,22-26H,4-8,13,15H2,1-3H3,(H,32,35)(H,33,36)/t16-,18-,20-,22+,23+,24-,25+,26+,30+/m0/s1. The van der Waals surface area contributed by atoms with Crippen molar-refractivity contribution in [3.05, 3.63) is 40.9 Å². The van der Waals surface area contributed by atoms with Crippen LogP contribution in [-0.4, -0.2) is 65.7 Å².